The fourth-order valence-corrected chi connectivity index (χ4v) is 3.84. The third kappa shape index (κ3) is 6.27. The number of carboxylic acid groups (broad SMARTS) is 1. The minimum absolute atomic E-state index is 0.00499. The van der Waals surface area contributed by atoms with E-state index >= 15 is 0 Å². The number of carboxylic acids is 1. The van der Waals surface area contributed by atoms with Crippen LogP contribution in [-0.2, 0) is 23.9 Å². The van der Waals surface area contributed by atoms with E-state index in [1.165, 1.54) is 30.3 Å². The molecule has 1 atom stereocenters. The SMILES string of the molecule is O=C(O)[C@@H](Cc1ccccc1)N(Cc1cccc(C(F)(F)F)c1)C(=O)c1ccc(Cl)cc1Cl. The number of hydrogen-bond acceptors (Lipinski definition) is 2. The van der Waals surface area contributed by atoms with E-state index < -0.39 is 29.7 Å². The van der Waals surface area contributed by atoms with E-state index in [0.717, 1.165) is 17.0 Å². The molecule has 0 radical (unpaired) electrons. The normalized spacial score (nSPS) is 12.3. The molecule has 0 aliphatic carbocycles. The van der Waals surface area contributed by atoms with Gasteiger partial charge in [0.25, 0.3) is 5.91 Å². The smallest absolute Gasteiger partial charge is 0.416 e. The van der Waals surface area contributed by atoms with E-state index in [1.807, 2.05) is 0 Å². The Kier molecular flexibility index (Phi) is 7.66. The summed E-state index contributed by atoms with van der Waals surface area (Å²) in [6, 6.07) is 15.8. The summed E-state index contributed by atoms with van der Waals surface area (Å²) >= 11 is 12.1. The third-order valence-electron chi connectivity index (χ3n) is 4.96. The van der Waals surface area contributed by atoms with E-state index in [1.54, 1.807) is 30.3 Å². The molecule has 0 fully saturated rings. The molecule has 0 heterocycles. The molecule has 0 unspecified atom stereocenters. The largest absolute Gasteiger partial charge is 0.480 e. The third-order valence-corrected chi connectivity index (χ3v) is 5.51. The topological polar surface area (TPSA) is 57.6 Å². The van der Waals surface area contributed by atoms with Gasteiger partial charge in [-0.25, -0.2) is 4.79 Å². The predicted molar refractivity (Wildman–Crippen MR) is 119 cm³/mol. The summed E-state index contributed by atoms with van der Waals surface area (Å²) in [6.07, 6.45) is -4.63. The molecule has 33 heavy (non-hydrogen) atoms. The number of halogens is 5. The van der Waals surface area contributed by atoms with Crippen LogP contribution >= 0.6 is 23.2 Å². The summed E-state index contributed by atoms with van der Waals surface area (Å²) in [5, 5.41) is 10.2. The second-order valence-corrected chi connectivity index (χ2v) is 8.14. The summed E-state index contributed by atoms with van der Waals surface area (Å²) in [5.74, 6) is -2.04. The van der Waals surface area contributed by atoms with Gasteiger partial charge in [-0.1, -0.05) is 65.7 Å². The van der Waals surface area contributed by atoms with Gasteiger partial charge in [0.15, 0.2) is 0 Å². The minimum atomic E-state index is -4.58. The number of rotatable bonds is 7. The van der Waals surface area contributed by atoms with Crippen molar-refractivity contribution in [1.82, 2.24) is 4.90 Å². The van der Waals surface area contributed by atoms with Gasteiger partial charge < -0.3 is 10.0 Å². The van der Waals surface area contributed by atoms with Crippen LogP contribution < -0.4 is 0 Å². The van der Waals surface area contributed by atoms with Crippen LogP contribution in [0, 0.1) is 0 Å². The molecule has 4 nitrogen and oxygen atoms in total. The van der Waals surface area contributed by atoms with Crippen molar-refractivity contribution < 1.29 is 27.9 Å². The number of benzene rings is 3. The van der Waals surface area contributed by atoms with Gasteiger partial charge in [0.05, 0.1) is 16.1 Å². The van der Waals surface area contributed by atoms with Crippen LogP contribution in [0.15, 0.2) is 72.8 Å². The van der Waals surface area contributed by atoms with Gasteiger partial charge in [-0.15, -0.1) is 0 Å². The molecule has 9 heteroatoms. The van der Waals surface area contributed by atoms with E-state index in [-0.39, 0.29) is 34.1 Å². The van der Waals surface area contributed by atoms with Crippen molar-refractivity contribution in [3.8, 4) is 0 Å². The van der Waals surface area contributed by atoms with Gasteiger partial charge in [0.1, 0.15) is 6.04 Å². The molecule has 3 aromatic rings. The Morgan fingerprint density at radius 2 is 1.58 bits per heavy atom. The Bertz CT molecular complexity index is 1150. The molecule has 172 valence electrons. The van der Waals surface area contributed by atoms with E-state index in [0.29, 0.717) is 5.56 Å². The number of nitrogens with zero attached hydrogens (tertiary/aromatic N) is 1. The lowest BCUT2D eigenvalue weighted by Gasteiger charge is -2.30. The molecular formula is C24H18Cl2F3NO3. The average Bonchev–Trinajstić information content (AvgIpc) is 2.76. The van der Waals surface area contributed by atoms with Crippen LogP contribution in [0.4, 0.5) is 13.2 Å². The number of hydrogen-bond donors (Lipinski definition) is 1. The summed E-state index contributed by atoms with van der Waals surface area (Å²) in [7, 11) is 0. The van der Waals surface area contributed by atoms with Crippen molar-refractivity contribution in [2.24, 2.45) is 0 Å². The predicted octanol–water partition coefficient (Wildman–Crippen LogP) is 6.35. The summed E-state index contributed by atoms with van der Waals surface area (Å²) in [5.41, 5.74) is -0.129. The van der Waals surface area contributed by atoms with Gasteiger partial charge in [0, 0.05) is 18.0 Å². The van der Waals surface area contributed by atoms with Crippen molar-refractivity contribution >= 4 is 35.1 Å². The van der Waals surface area contributed by atoms with E-state index in [9.17, 15) is 27.9 Å². The standard InChI is InChI=1S/C24H18Cl2F3NO3/c25-18-9-10-19(20(26)13-18)22(31)30(14-16-7-4-8-17(11-16)24(27,28)29)21(23(32)33)12-15-5-2-1-3-6-15/h1-11,13,21H,12,14H2,(H,32,33)/t21-/m1/s1. The van der Waals surface area contributed by atoms with Crippen molar-refractivity contribution in [2.45, 2.75) is 25.2 Å². The van der Waals surface area contributed by atoms with E-state index in [4.69, 9.17) is 23.2 Å². The molecule has 0 aromatic heterocycles. The molecule has 0 saturated heterocycles. The maximum Gasteiger partial charge on any atom is 0.416 e. The number of carbonyl (C=O) groups excluding carboxylic acids is 1. The zero-order valence-electron chi connectivity index (χ0n) is 17.0. The van der Waals surface area contributed by atoms with Crippen LogP contribution in [-0.4, -0.2) is 27.9 Å². The van der Waals surface area contributed by atoms with Gasteiger partial charge in [-0.05, 0) is 41.5 Å². The fraction of sp³-hybridized carbons (Fsp3) is 0.167. The highest BCUT2D eigenvalue weighted by Gasteiger charge is 2.33. The summed E-state index contributed by atoms with van der Waals surface area (Å²) in [4.78, 5) is 26.6. The Morgan fingerprint density at radius 1 is 0.909 bits per heavy atom. The van der Waals surface area contributed by atoms with Crippen molar-refractivity contribution in [3.05, 3.63) is 105 Å². The number of carbonyl (C=O) groups is 2. The maximum atomic E-state index is 13.4. The van der Waals surface area contributed by atoms with Crippen LogP contribution in [0.1, 0.15) is 27.0 Å². The molecule has 0 aliphatic heterocycles. The second-order valence-electron chi connectivity index (χ2n) is 7.30. The van der Waals surface area contributed by atoms with Crippen LogP contribution in [0.25, 0.3) is 0 Å². The monoisotopic (exact) mass is 495 g/mol. The Morgan fingerprint density at radius 3 is 2.18 bits per heavy atom. The Balaban J connectivity index is 2.04. The fourth-order valence-electron chi connectivity index (χ4n) is 3.35. The maximum absolute atomic E-state index is 13.4. The van der Waals surface area contributed by atoms with Crippen LogP contribution in [0.5, 0.6) is 0 Å². The van der Waals surface area contributed by atoms with Gasteiger partial charge >= 0.3 is 12.1 Å². The van der Waals surface area contributed by atoms with Crippen LogP contribution in [0.3, 0.4) is 0 Å². The number of aliphatic carboxylic acids is 1. The summed E-state index contributed by atoms with van der Waals surface area (Å²) in [6.45, 7) is -0.370. The van der Waals surface area contributed by atoms with Crippen molar-refractivity contribution in [1.29, 1.82) is 0 Å². The summed E-state index contributed by atoms with van der Waals surface area (Å²) < 4.78 is 39.6. The van der Waals surface area contributed by atoms with Crippen LogP contribution in [0.2, 0.25) is 10.0 Å². The number of amides is 1. The molecule has 1 amide bonds. The first kappa shape index (κ1) is 24.6. The minimum Gasteiger partial charge on any atom is -0.480 e. The lowest BCUT2D eigenvalue weighted by molar-refractivity contribution is -0.142. The Hall–Kier alpha value is -3.03. The molecule has 3 aromatic carbocycles. The zero-order valence-corrected chi connectivity index (χ0v) is 18.5. The highest BCUT2D eigenvalue weighted by Crippen LogP contribution is 2.30. The quantitative estimate of drug-likeness (QED) is 0.415. The molecule has 0 bridgehead atoms. The lowest BCUT2D eigenvalue weighted by atomic mass is 10.0. The average molecular weight is 496 g/mol. The molecule has 0 spiro atoms. The molecule has 0 saturated carbocycles. The zero-order chi connectivity index (χ0) is 24.2. The first-order valence-electron chi connectivity index (χ1n) is 9.75. The molecule has 0 aliphatic rings. The van der Waals surface area contributed by atoms with Crippen molar-refractivity contribution in [3.63, 3.8) is 0 Å². The molecular weight excluding hydrogens is 478 g/mol. The van der Waals surface area contributed by atoms with E-state index in [2.05, 4.69) is 0 Å². The van der Waals surface area contributed by atoms with Crippen molar-refractivity contribution in [2.75, 3.05) is 0 Å². The highest BCUT2D eigenvalue weighted by atomic mass is 35.5. The molecule has 3 rings (SSSR count). The van der Waals surface area contributed by atoms with Gasteiger partial charge in [-0.2, -0.15) is 13.2 Å². The second kappa shape index (κ2) is 10.3. The first-order valence-corrected chi connectivity index (χ1v) is 10.5. The van der Waals surface area contributed by atoms with Gasteiger partial charge in [0.2, 0.25) is 0 Å². The lowest BCUT2D eigenvalue weighted by Crippen LogP contribution is -2.46. The molecule has 1 N–H and O–H groups in total. The van der Waals surface area contributed by atoms with Gasteiger partial charge in [-0.3, -0.25) is 4.79 Å². The number of alkyl halides is 3. The first-order chi connectivity index (χ1) is 15.6. The Labute approximate surface area is 198 Å². The highest BCUT2D eigenvalue weighted by molar-refractivity contribution is 6.36.